The highest BCUT2D eigenvalue weighted by Crippen LogP contribution is 2.32. The van der Waals surface area contributed by atoms with E-state index in [9.17, 15) is 19.8 Å². The summed E-state index contributed by atoms with van der Waals surface area (Å²) in [7, 11) is -0.281. The van der Waals surface area contributed by atoms with Gasteiger partial charge in [0.15, 0.2) is 17.7 Å². The van der Waals surface area contributed by atoms with Gasteiger partial charge < -0.3 is 36.8 Å². The highest BCUT2D eigenvalue weighted by molar-refractivity contribution is 7.96. The number of aromatic nitrogens is 4. The van der Waals surface area contributed by atoms with Gasteiger partial charge in [-0.3, -0.25) is 14.2 Å². The average molecular weight is 457 g/mol. The molecular formula is C17H26N7O6S+. The fourth-order valence-electron chi connectivity index (χ4n) is 3.27. The minimum absolute atomic E-state index is 0.201. The van der Waals surface area contributed by atoms with Crippen molar-refractivity contribution in [3.63, 3.8) is 0 Å². The van der Waals surface area contributed by atoms with Crippen molar-refractivity contribution >= 4 is 39.8 Å². The Morgan fingerprint density at radius 3 is 2.77 bits per heavy atom. The maximum atomic E-state index is 11.8. The summed E-state index contributed by atoms with van der Waals surface area (Å²) >= 11 is 0. The largest absolute Gasteiger partial charge is 0.480 e. The zero-order valence-corrected chi connectivity index (χ0v) is 17.6. The first kappa shape index (κ1) is 23.1. The van der Waals surface area contributed by atoms with Crippen LogP contribution in [-0.2, 0) is 25.2 Å². The molecule has 170 valence electrons. The van der Waals surface area contributed by atoms with Crippen molar-refractivity contribution in [3.8, 4) is 0 Å². The molecule has 1 unspecified atom stereocenters. The van der Waals surface area contributed by atoms with Crippen LogP contribution >= 0.6 is 0 Å². The number of anilines is 1. The molecule has 1 aliphatic heterocycles. The molecular weight excluding hydrogens is 430 g/mol. The molecule has 0 spiro atoms. The molecule has 0 bridgehead atoms. The molecule has 31 heavy (non-hydrogen) atoms. The van der Waals surface area contributed by atoms with E-state index in [-0.39, 0.29) is 16.7 Å². The van der Waals surface area contributed by atoms with Crippen molar-refractivity contribution < 1.29 is 29.6 Å². The summed E-state index contributed by atoms with van der Waals surface area (Å²) in [4.78, 5) is 34.5. The van der Waals surface area contributed by atoms with E-state index in [0.717, 1.165) is 0 Å². The Morgan fingerprint density at radius 2 is 2.06 bits per heavy atom. The van der Waals surface area contributed by atoms with Crippen LogP contribution in [0.15, 0.2) is 12.7 Å². The van der Waals surface area contributed by atoms with Crippen LogP contribution in [-0.4, -0.2) is 95.4 Å². The van der Waals surface area contributed by atoms with Gasteiger partial charge in [0.2, 0.25) is 5.91 Å². The van der Waals surface area contributed by atoms with E-state index in [1.54, 1.807) is 0 Å². The summed E-state index contributed by atoms with van der Waals surface area (Å²) in [6, 6.07) is -0.829. The number of imidazole rings is 1. The van der Waals surface area contributed by atoms with E-state index >= 15 is 0 Å². The quantitative estimate of drug-likeness (QED) is 0.212. The summed E-state index contributed by atoms with van der Waals surface area (Å²) in [5, 5.41) is 31.8. The number of nitrogen functional groups attached to an aromatic ring is 1. The molecule has 1 amide bonds. The van der Waals surface area contributed by atoms with Crippen LogP contribution in [0.1, 0.15) is 12.6 Å². The number of hydrogen-bond donors (Lipinski definition) is 6. The van der Waals surface area contributed by atoms with Crippen LogP contribution in [0.4, 0.5) is 5.82 Å². The minimum Gasteiger partial charge on any atom is -0.480 e. The minimum atomic E-state index is -1.19. The van der Waals surface area contributed by atoms with E-state index in [1.165, 1.54) is 17.2 Å². The lowest BCUT2D eigenvalue weighted by Gasteiger charge is -2.16. The number of ether oxygens (including phenoxy) is 1. The molecule has 1 fully saturated rings. The molecule has 3 heterocycles. The molecule has 13 nitrogen and oxygen atoms in total. The van der Waals surface area contributed by atoms with Crippen LogP contribution in [0.3, 0.4) is 0 Å². The van der Waals surface area contributed by atoms with Crippen LogP contribution in [0.25, 0.3) is 11.2 Å². The van der Waals surface area contributed by atoms with Crippen LogP contribution in [0.2, 0.25) is 0 Å². The number of fused-ring (bicyclic) bond motifs is 1. The summed E-state index contributed by atoms with van der Waals surface area (Å²) < 4.78 is 7.43. The van der Waals surface area contributed by atoms with Crippen molar-refractivity contribution in [2.75, 3.05) is 30.0 Å². The first-order chi connectivity index (χ1) is 14.7. The standard InChI is InChI=1S/C17H25N7O6S/c1-31(3-2-8(18)16(29)20-4-10(25)26)5-9-12(27)13(28)17(30-9)24-7-23-11-14(19)21-6-22-15(11)24/h6-9,12-13,17,27-28H,2-5,18H2,1H3,(H3-,19,20,21,22,25,26,29)/p+1/t8-,9-,12-,13-,17-,31?/m0/s1. The number of aliphatic hydroxyl groups is 2. The number of aliphatic carboxylic acids is 1. The van der Waals surface area contributed by atoms with Gasteiger partial charge in [-0.05, 0) is 10.9 Å². The molecule has 8 N–H and O–H groups in total. The molecule has 3 rings (SSSR count). The Bertz CT molecular complexity index is 943. The number of nitrogens with two attached hydrogens (primary N) is 2. The number of nitrogens with one attached hydrogen (secondary N) is 1. The van der Waals surface area contributed by atoms with Crippen molar-refractivity contribution in [3.05, 3.63) is 12.7 Å². The maximum Gasteiger partial charge on any atom is 0.322 e. The summed E-state index contributed by atoms with van der Waals surface area (Å²) in [5.74, 6) is -0.446. The SMILES string of the molecule is C[S+](CC[C@H](N)C(=O)NCC(=O)O)C[C@@H]1O[C@H](n2cnc3c(N)ncnc32)[C@@H](O)[C@H]1O. The number of nitrogens with zero attached hydrogens (tertiary/aromatic N) is 4. The van der Waals surface area contributed by atoms with Gasteiger partial charge in [-0.25, -0.2) is 15.0 Å². The Hall–Kier alpha value is -2.52. The molecule has 0 aromatic carbocycles. The number of carbonyl (C=O) groups is 2. The number of carbonyl (C=O) groups excluding carboxylic acids is 1. The summed E-state index contributed by atoms with van der Waals surface area (Å²) in [6.07, 6.45) is 1.16. The first-order valence-corrected chi connectivity index (χ1v) is 11.4. The highest BCUT2D eigenvalue weighted by Gasteiger charge is 2.46. The van der Waals surface area contributed by atoms with Crippen molar-refractivity contribution in [1.29, 1.82) is 0 Å². The Balaban J connectivity index is 1.57. The smallest absolute Gasteiger partial charge is 0.322 e. The molecule has 2 aromatic heterocycles. The summed E-state index contributed by atoms with van der Waals surface area (Å²) in [6.45, 7) is -0.481. The van der Waals surface area contributed by atoms with Crippen molar-refractivity contribution in [1.82, 2.24) is 24.8 Å². The third-order valence-corrected chi connectivity index (χ3v) is 6.81. The second-order valence-corrected chi connectivity index (χ2v) is 9.59. The van der Waals surface area contributed by atoms with Gasteiger partial charge in [-0.1, -0.05) is 0 Å². The van der Waals surface area contributed by atoms with Gasteiger partial charge in [0.1, 0.15) is 48.2 Å². The first-order valence-electron chi connectivity index (χ1n) is 9.47. The average Bonchev–Trinajstić information content (AvgIpc) is 3.27. The van der Waals surface area contributed by atoms with Crippen molar-refractivity contribution in [2.45, 2.75) is 37.0 Å². The lowest BCUT2D eigenvalue weighted by Crippen LogP contribution is -2.44. The third-order valence-electron chi connectivity index (χ3n) is 4.98. The fraction of sp³-hybridized carbons (Fsp3) is 0.588. The molecule has 0 aliphatic carbocycles. The third kappa shape index (κ3) is 5.22. The Labute approximate surface area is 180 Å². The van der Waals surface area contributed by atoms with Crippen LogP contribution in [0.5, 0.6) is 0 Å². The van der Waals surface area contributed by atoms with Crippen molar-refractivity contribution in [2.24, 2.45) is 5.73 Å². The van der Waals surface area contributed by atoms with E-state index < -0.39 is 49.0 Å². The van der Waals surface area contributed by atoms with E-state index in [1.807, 2.05) is 6.26 Å². The lowest BCUT2D eigenvalue weighted by atomic mass is 10.1. The number of carboxylic acid groups (broad SMARTS) is 1. The monoisotopic (exact) mass is 456 g/mol. The zero-order valence-electron chi connectivity index (χ0n) is 16.8. The molecule has 14 heteroatoms. The maximum absolute atomic E-state index is 11.8. The van der Waals surface area contributed by atoms with Gasteiger partial charge in [-0.2, -0.15) is 0 Å². The van der Waals surface area contributed by atoms with Crippen LogP contribution in [0, 0.1) is 0 Å². The van der Waals surface area contributed by atoms with Gasteiger partial charge in [0.25, 0.3) is 0 Å². The van der Waals surface area contributed by atoms with E-state index in [0.29, 0.717) is 29.1 Å². The highest BCUT2D eigenvalue weighted by atomic mass is 32.2. The number of carboxylic acids is 1. The predicted molar refractivity (Wildman–Crippen MR) is 112 cm³/mol. The molecule has 1 aliphatic rings. The van der Waals surface area contributed by atoms with Gasteiger partial charge in [-0.15, -0.1) is 0 Å². The van der Waals surface area contributed by atoms with E-state index in [2.05, 4.69) is 20.3 Å². The fourth-order valence-corrected chi connectivity index (χ4v) is 4.93. The van der Waals surface area contributed by atoms with E-state index in [4.69, 9.17) is 21.3 Å². The number of amides is 1. The second kappa shape index (κ2) is 9.74. The zero-order chi connectivity index (χ0) is 22.7. The second-order valence-electron chi connectivity index (χ2n) is 7.29. The van der Waals surface area contributed by atoms with Gasteiger partial charge >= 0.3 is 5.97 Å². The topological polar surface area (TPSA) is 212 Å². The molecule has 2 aromatic rings. The Morgan fingerprint density at radius 1 is 1.32 bits per heavy atom. The normalized spacial score (nSPS) is 25.4. The predicted octanol–water partition coefficient (Wildman–Crippen LogP) is -2.81. The number of aliphatic hydroxyl groups excluding tert-OH is 2. The number of hydrogen-bond acceptors (Lipinski definition) is 10. The lowest BCUT2D eigenvalue weighted by molar-refractivity contribution is -0.138. The number of rotatable bonds is 9. The summed E-state index contributed by atoms with van der Waals surface area (Å²) in [5.41, 5.74) is 12.4. The van der Waals surface area contributed by atoms with Gasteiger partial charge in [0, 0.05) is 6.42 Å². The molecule has 0 radical (unpaired) electrons. The Kier molecular flexibility index (Phi) is 7.27. The molecule has 1 saturated heterocycles. The van der Waals surface area contributed by atoms with Gasteiger partial charge in [0.05, 0.1) is 18.6 Å². The molecule has 6 atom stereocenters. The van der Waals surface area contributed by atoms with Crippen LogP contribution < -0.4 is 16.8 Å². The molecule has 0 saturated carbocycles.